The third-order valence-corrected chi connectivity index (χ3v) is 3.88. The average Bonchev–Trinajstić information content (AvgIpc) is 2.65. The van der Waals surface area contributed by atoms with E-state index in [1.165, 1.54) is 0 Å². The van der Waals surface area contributed by atoms with Crippen molar-refractivity contribution in [2.24, 2.45) is 0 Å². The van der Waals surface area contributed by atoms with Gasteiger partial charge in [-0.05, 0) is 25.3 Å². The Morgan fingerprint density at radius 3 is 2.79 bits per heavy atom. The largest absolute Gasteiger partial charge is 0.387 e. The molecular formula is C16H25NO2. The topological polar surface area (TPSA) is 32.7 Å². The molecule has 0 aliphatic carbocycles. The fourth-order valence-electron chi connectivity index (χ4n) is 2.88. The van der Waals surface area contributed by atoms with Gasteiger partial charge in [0.25, 0.3) is 0 Å². The van der Waals surface area contributed by atoms with E-state index in [0.29, 0.717) is 0 Å². The summed E-state index contributed by atoms with van der Waals surface area (Å²) in [5, 5.41) is 10.6. The highest BCUT2D eigenvalue weighted by molar-refractivity contribution is 5.18. The summed E-state index contributed by atoms with van der Waals surface area (Å²) in [5.74, 6) is 0. The van der Waals surface area contributed by atoms with Crippen LogP contribution < -0.4 is 0 Å². The van der Waals surface area contributed by atoms with Gasteiger partial charge in [-0.15, -0.1) is 0 Å². The molecule has 1 aliphatic rings. The third kappa shape index (κ3) is 3.78. The Bertz CT molecular complexity index is 368. The maximum absolute atomic E-state index is 10.6. The van der Waals surface area contributed by atoms with E-state index in [1.54, 1.807) is 0 Å². The minimum Gasteiger partial charge on any atom is -0.387 e. The molecule has 1 aliphatic heterocycles. The molecule has 1 heterocycles. The normalized spacial score (nSPS) is 24.7. The van der Waals surface area contributed by atoms with Gasteiger partial charge in [-0.3, -0.25) is 4.90 Å². The molecule has 1 fully saturated rings. The quantitative estimate of drug-likeness (QED) is 0.906. The van der Waals surface area contributed by atoms with E-state index in [1.807, 2.05) is 30.3 Å². The molecule has 19 heavy (non-hydrogen) atoms. The van der Waals surface area contributed by atoms with Crippen molar-refractivity contribution >= 4 is 0 Å². The van der Waals surface area contributed by atoms with Gasteiger partial charge in [-0.25, -0.2) is 0 Å². The van der Waals surface area contributed by atoms with Crippen LogP contribution in [0.4, 0.5) is 0 Å². The van der Waals surface area contributed by atoms with Crippen molar-refractivity contribution in [1.29, 1.82) is 0 Å². The third-order valence-electron chi connectivity index (χ3n) is 3.88. The highest BCUT2D eigenvalue weighted by Gasteiger charge is 2.28. The maximum Gasteiger partial charge on any atom is 0.0945 e. The Hall–Kier alpha value is -0.900. The van der Waals surface area contributed by atoms with Crippen LogP contribution >= 0.6 is 0 Å². The van der Waals surface area contributed by atoms with Crippen LogP contribution in [-0.4, -0.2) is 41.8 Å². The van der Waals surface area contributed by atoms with Gasteiger partial charge in [-0.1, -0.05) is 37.3 Å². The summed E-state index contributed by atoms with van der Waals surface area (Å²) in [6, 6.07) is 10.1. The van der Waals surface area contributed by atoms with E-state index in [0.717, 1.165) is 38.1 Å². The predicted molar refractivity (Wildman–Crippen MR) is 77.1 cm³/mol. The predicted octanol–water partition coefficient (Wildman–Crippen LogP) is 2.61. The number of hydrogen-bond donors (Lipinski definition) is 1. The van der Waals surface area contributed by atoms with Crippen LogP contribution in [0.15, 0.2) is 30.3 Å². The zero-order chi connectivity index (χ0) is 13.7. The van der Waals surface area contributed by atoms with Crippen molar-refractivity contribution < 1.29 is 9.84 Å². The van der Waals surface area contributed by atoms with Crippen LogP contribution in [-0.2, 0) is 4.74 Å². The van der Waals surface area contributed by atoms with E-state index >= 15 is 0 Å². The lowest BCUT2D eigenvalue weighted by Crippen LogP contribution is -2.42. The number of rotatable bonds is 4. The Kier molecular flexibility index (Phi) is 5.37. The summed E-state index contributed by atoms with van der Waals surface area (Å²) < 4.78 is 5.69. The van der Waals surface area contributed by atoms with Gasteiger partial charge in [0.05, 0.1) is 12.2 Å². The van der Waals surface area contributed by atoms with Crippen LogP contribution in [0.3, 0.4) is 0 Å². The molecule has 1 aromatic rings. The average molecular weight is 263 g/mol. The molecule has 1 aromatic carbocycles. The van der Waals surface area contributed by atoms with Gasteiger partial charge in [-0.2, -0.15) is 0 Å². The van der Waals surface area contributed by atoms with Crippen molar-refractivity contribution in [2.45, 2.75) is 44.9 Å². The molecule has 3 unspecified atom stereocenters. The molecule has 0 saturated carbocycles. The lowest BCUT2D eigenvalue weighted by atomic mass is 9.98. The van der Waals surface area contributed by atoms with Gasteiger partial charge in [0.1, 0.15) is 0 Å². The van der Waals surface area contributed by atoms with Crippen molar-refractivity contribution in [3.63, 3.8) is 0 Å². The van der Waals surface area contributed by atoms with Crippen molar-refractivity contribution in [2.75, 3.05) is 19.7 Å². The Balaban J connectivity index is 2.10. The number of aliphatic hydroxyl groups excluding tert-OH is 1. The van der Waals surface area contributed by atoms with Crippen molar-refractivity contribution in [3.8, 4) is 0 Å². The van der Waals surface area contributed by atoms with Gasteiger partial charge >= 0.3 is 0 Å². The van der Waals surface area contributed by atoms with E-state index in [-0.39, 0.29) is 12.1 Å². The fraction of sp³-hybridized carbons (Fsp3) is 0.625. The number of ether oxygens (including phenoxy) is 1. The van der Waals surface area contributed by atoms with E-state index < -0.39 is 6.10 Å². The maximum atomic E-state index is 10.6. The van der Waals surface area contributed by atoms with E-state index in [9.17, 15) is 5.11 Å². The van der Waals surface area contributed by atoms with E-state index in [4.69, 9.17) is 4.74 Å². The molecule has 106 valence electrons. The minimum atomic E-state index is -0.420. The minimum absolute atomic E-state index is 0.173. The van der Waals surface area contributed by atoms with Gasteiger partial charge in [0.2, 0.25) is 0 Å². The first-order valence-electron chi connectivity index (χ1n) is 7.31. The second-order valence-electron chi connectivity index (χ2n) is 5.36. The number of aliphatic hydroxyl groups is 1. The molecular weight excluding hydrogens is 238 g/mol. The summed E-state index contributed by atoms with van der Waals surface area (Å²) in [6.45, 7) is 7.00. The summed E-state index contributed by atoms with van der Waals surface area (Å²) in [4.78, 5) is 2.38. The standard InChI is InChI=1S/C16H25NO2/c1-3-15(16(18)14-8-5-4-6-9-14)17-10-7-11-19-13(2)12-17/h4-6,8-9,13,15-16,18H,3,7,10-12H2,1-2H3. The van der Waals surface area contributed by atoms with Crippen molar-refractivity contribution in [3.05, 3.63) is 35.9 Å². The second kappa shape index (κ2) is 7.04. The van der Waals surface area contributed by atoms with Crippen LogP contribution in [0.25, 0.3) is 0 Å². The molecule has 0 bridgehead atoms. The van der Waals surface area contributed by atoms with Crippen molar-refractivity contribution in [1.82, 2.24) is 4.90 Å². The monoisotopic (exact) mass is 263 g/mol. The molecule has 0 amide bonds. The Labute approximate surface area is 116 Å². The zero-order valence-electron chi connectivity index (χ0n) is 12.0. The SMILES string of the molecule is CCC(C(O)c1ccccc1)N1CCCOC(C)C1. The Morgan fingerprint density at radius 1 is 1.37 bits per heavy atom. The van der Waals surface area contributed by atoms with Gasteiger partial charge in [0.15, 0.2) is 0 Å². The molecule has 1 N–H and O–H groups in total. The summed E-state index contributed by atoms with van der Waals surface area (Å²) >= 11 is 0. The molecule has 3 heteroatoms. The molecule has 3 nitrogen and oxygen atoms in total. The lowest BCUT2D eigenvalue weighted by molar-refractivity contribution is 0.0223. The molecule has 3 atom stereocenters. The molecule has 1 saturated heterocycles. The van der Waals surface area contributed by atoms with Gasteiger partial charge < -0.3 is 9.84 Å². The first-order chi connectivity index (χ1) is 9.22. The number of benzene rings is 1. The first kappa shape index (κ1) is 14.5. The van der Waals surface area contributed by atoms with Gasteiger partial charge in [0, 0.05) is 25.7 Å². The number of nitrogens with zero attached hydrogens (tertiary/aromatic N) is 1. The zero-order valence-corrected chi connectivity index (χ0v) is 12.0. The van der Waals surface area contributed by atoms with Crippen LogP contribution in [0.5, 0.6) is 0 Å². The summed E-state index contributed by atoms with van der Waals surface area (Å²) in [7, 11) is 0. The molecule has 2 rings (SSSR count). The molecule has 0 aromatic heterocycles. The fourth-order valence-corrected chi connectivity index (χ4v) is 2.88. The first-order valence-corrected chi connectivity index (χ1v) is 7.31. The molecule has 0 radical (unpaired) electrons. The summed E-state index contributed by atoms with van der Waals surface area (Å²) in [6.07, 6.45) is 1.82. The van der Waals surface area contributed by atoms with E-state index in [2.05, 4.69) is 18.7 Å². The molecule has 0 spiro atoms. The second-order valence-corrected chi connectivity index (χ2v) is 5.36. The lowest BCUT2D eigenvalue weighted by Gasteiger charge is -2.34. The smallest absolute Gasteiger partial charge is 0.0945 e. The van der Waals surface area contributed by atoms with Crippen LogP contribution in [0.2, 0.25) is 0 Å². The summed E-state index contributed by atoms with van der Waals surface area (Å²) in [5.41, 5.74) is 1.01. The van der Waals surface area contributed by atoms with Crippen LogP contribution in [0, 0.1) is 0 Å². The Morgan fingerprint density at radius 2 is 2.11 bits per heavy atom. The number of hydrogen-bond acceptors (Lipinski definition) is 3. The highest BCUT2D eigenvalue weighted by Crippen LogP contribution is 2.24. The highest BCUT2D eigenvalue weighted by atomic mass is 16.5. The van der Waals surface area contributed by atoms with Crippen LogP contribution in [0.1, 0.15) is 38.4 Å².